The second-order valence-electron chi connectivity index (χ2n) is 10.5. The van der Waals surface area contributed by atoms with Crippen LogP contribution in [0.4, 0.5) is 4.79 Å². The minimum absolute atomic E-state index is 0.187. The molecule has 36 heavy (non-hydrogen) atoms. The third-order valence-corrected chi connectivity index (χ3v) is 6.58. The highest BCUT2D eigenvalue weighted by molar-refractivity contribution is 5.91. The van der Waals surface area contributed by atoms with Crippen LogP contribution in [0.15, 0.2) is 60.7 Å². The SMILES string of the molecule is CC(C)(C)OC(=O)NC(C(=O)NC(C(=O)OC1CN2CCC1CC2)c1ccccc1)c1ccccc1. The highest BCUT2D eigenvalue weighted by Crippen LogP contribution is 2.31. The molecule has 3 unspecified atom stereocenters. The van der Waals surface area contributed by atoms with Crippen molar-refractivity contribution in [1.82, 2.24) is 15.5 Å². The maximum Gasteiger partial charge on any atom is 0.408 e. The third kappa shape index (κ3) is 6.63. The van der Waals surface area contributed by atoms with Gasteiger partial charge in [0.1, 0.15) is 17.7 Å². The summed E-state index contributed by atoms with van der Waals surface area (Å²) in [6, 6.07) is 15.8. The van der Waals surface area contributed by atoms with Gasteiger partial charge in [-0.3, -0.25) is 9.69 Å². The predicted octanol–water partition coefficient (Wildman–Crippen LogP) is 3.75. The van der Waals surface area contributed by atoms with Gasteiger partial charge in [0.2, 0.25) is 5.91 Å². The molecule has 8 heteroatoms. The molecule has 3 aliphatic heterocycles. The number of rotatable bonds is 7. The first-order valence-electron chi connectivity index (χ1n) is 12.5. The molecule has 8 nitrogen and oxygen atoms in total. The summed E-state index contributed by atoms with van der Waals surface area (Å²) in [5.74, 6) is -0.693. The van der Waals surface area contributed by atoms with Crippen molar-refractivity contribution in [2.24, 2.45) is 5.92 Å². The zero-order valence-electron chi connectivity index (χ0n) is 21.1. The number of nitrogens with one attached hydrogen (secondary N) is 2. The number of carbonyl (C=O) groups excluding carboxylic acids is 3. The van der Waals surface area contributed by atoms with E-state index in [-0.39, 0.29) is 6.10 Å². The maximum atomic E-state index is 13.6. The van der Waals surface area contributed by atoms with Crippen molar-refractivity contribution in [2.45, 2.75) is 57.4 Å². The fraction of sp³-hybridized carbons (Fsp3) is 0.464. The number of benzene rings is 2. The summed E-state index contributed by atoms with van der Waals surface area (Å²) in [5, 5.41) is 5.49. The van der Waals surface area contributed by atoms with Crippen molar-refractivity contribution in [3.05, 3.63) is 71.8 Å². The first-order valence-corrected chi connectivity index (χ1v) is 12.5. The van der Waals surface area contributed by atoms with Gasteiger partial charge in [0, 0.05) is 6.54 Å². The van der Waals surface area contributed by atoms with Gasteiger partial charge < -0.3 is 20.1 Å². The number of hydrogen-bond acceptors (Lipinski definition) is 6. The van der Waals surface area contributed by atoms with Crippen LogP contribution in [0, 0.1) is 5.92 Å². The summed E-state index contributed by atoms with van der Waals surface area (Å²) in [4.78, 5) is 41.9. The van der Waals surface area contributed by atoms with Crippen LogP contribution in [0.2, 0.25) is 0 Å². The Bertz CT molecular complexity index is 1050. The third-order valence-electron chi connectivity index (χ3n) is 6.58. The van der Waals surface area contributed by atoms with Gasteiger partial charge in [0.05, 0.1) is 0 Å². The number of piperidine rings is 3. The second-order valence-corrected chi connectivity index (χ2v) is 10.5. The topological polar surface area (TPSA) is 97.0 Å². The normalized spacial score (nSPS) is 22.7. The molecule has 3 atom stereocenters. The largest absolute Gasteiger partial charge is 0.459 e. The summed E-state index contributed by atoms with van der Waals surface area (Å²) in [6.45, 7) is 8.04. The lowest BCUT2D eigenvalue weighted by Gasteiger charge is -2.44. The molecule has 2 N–H and O–H groups in total. The molecule has 3 saturated heterocycles. The van der Waals surface area contributed by atoms with Crippen LogP contribution in [0.5, 0.6) is 0 Å². The summed E-state index contributed by atoms with van der Waals surface area (Å²) in [5.41, 5.74) is 0.452. The van der Waals surface area contributed by atoms with Gasteiger partial charge in [-0.1, -0.05) is 60.7 Å². The van der Waals surface area contributed by atoms with E-state index in [1.165, 1.54) is 0 Å². The molecule has 2 bridgehead atoms. The number of ether oxygens (including phenoxy) is 2. The average Bonchev–Trinajstić information content (AvgIpc) is 2.86. The Hall–Kier alpha value is -3.39. The standard InChI is InChI=1S/C28H35N3O5/c1-28(2,3)36-27(34)30-23(20-10-6-4-7-11-20)25(32)29-24(21-12-8-5-9-13-21)26(33)35-22-18-31-16-14-19(22)15-17-31/h4-13,19,22-24H,14-18H2,1-3H3,(H,29,32)(H,30,34). The summed E-state index contributed by atoms with van der Waals surface area (Å²) >= 11 is 0. The number of esters is 1. The van der Waals surface area contributed by atoms with Crippen LogP contribution in [-0.2, 0) is 19.1 Å². The second kappa shape index (κ2) is 11.1. The van der Waals surface area contributed by atoms with Crippen LogP contribution < -0.4 is 10.6 Å². The van der Waals surface area contributed by atoms with E-state index in [9.17, 15) is 14.4 Å². The Balaban J connectivity index is 1.54. The van der Waals surface area contributed by atoms with Crippen LogP contribution in [0.25, 0.3) is 0 Å². The monoisotopic (exact) mass is 493 g/mol. The van der Waals surface area contributed by atoms with E-state index in [2.05, 4.69) is 15.5 Å². The fourth-order valence-electron chi connectivity index (χ4n) is 4.78. The average molecular weight is 494 g/mol. The number of nitrogens with zero attached hydrogens (tertiary/aromatic N) is 1. The van der Waals surface area contributed by atoms with Crippen LogP contribution in [0.1, 0.15) is 56.8 Å². The summed E-state index contributed by atoms with van der Waals surface area (Å²) in [7, 11) is 0. The number of fused-ring (bicyclic) bond motifs is 3. The van der Waals surface area contributed by atoms with Crippen LogP contribution >= 0.6 is 0 Å². The molecule has 2 aromatic rings. The Morgan fingerprint density at radius 3 is 1.92 bits per heavy atom. The fourth-order valence-corrected chi connectivity index (χ4v) is 4.78. The molecule has 3 heterocycles. The molecule has 0 aromatic heterocycles. The smallest absolute Gasteiger partial charge is 0.408 e. The van der Waals surface area contributed by atoms with Gasteiger partial charge >= 0.3 is 12.1 Å². The van der Waals surface area contributed by atoms with E-state index < -0.39 is 35.7 Å². The first kappa shape index (κ1) is 25.7. The van der Waals surface area contributed by atoms with E-state index in [4.69, 9.17) is 9.47 Å². The highest BCUT2D eigenvalue weighted by atomic mass is 16.6. The minimum atomic E-state index is -1.06. The van der Waals surface area contributed by atoms with Crippen molar-refractivity contribution < 1.29 is 23.9 Å². The molecule has 3 aliphatic rings. The van der Waals surface area contributed by atoms with Crippen LogP contribution in [0.3, 0.4) is 0 Å². The number of amides is 2. The zero-order valence-corrected chi connectivity index (χ0v) is 21.1. The van der Waals surface area contributed by atoms with Gasteiger partial charge in [-0.15, -0.1) is 0 Å². The quantitative estimate of drug-likeness (QED) is 0.571. The van der Waals surface area contributed by atoms with E-state index in [0.717, 1.165) is 32.5 Å². The Kier molecular flexibility index (Phi) is 7.94. The molecule has 0 aliphatic carbocycles. The minimum Gasteiger partial charge on any atom is -0.459 e. The van der Waals surface area contributed by atoms with Gasteiger partial charge in [-0.05, 0) is 63.7 Å². The van der Waals surface area contributed by atoms with Crippen molar-refractivity contribution in [1.29, 1.82) is 0 Å². The van der Waals surface area contributed by atoms with E-state index in [0.29, 0.717) is 17.0 Å². The molecule has 0 spiro atoms. The van der Waals surface area contributed by atoms with Gasteiger partial charge in [-0.2, -0.15) is 0 Å². The summed E-state index contributed by atoms with van der Waals surface area (Å²) < 4.78 is 11.3. The molecule has 2 amide bonds. The maximum absolute atomic E-state index is 13.6. The molecule has 5 rings (SSSR count). The summed E-state index contributed by atoms with van der Waals surface area (Å²) in [6.07, 6.45) is 1.11. The lowest BCUT2D eigenvalue weighted by Crippen LogP contribution is -2.53. The van der Waals surface area contributed by atoms with Crippen molar-refractivity contribution in [3.8, 4) is 0 Å². The molecule has 3 fully saturated rings. The first-order chi connectivity index (χ1) is 17.2. The Morgan fingerprint density at radius 1 is 0.861 bits per heavy atom. The van der Waals surface area contributed by atoms with Gasteiger partial charge in [0.15, 0.2) is 6.04 Å². The molecule has 0 saturated carbocycles. The number of carbonyl (C=O) groups is 3. The van der Waals surface area contributed by atoms with Crippen molar-refractivity contribution >= 4 is 18.0 Å². The molecular weight excluding hydrogens is 458 g/mol. The number of alkyl carbamates (subject to hydrolysis) is 1. The van der Waals surface area contributed by atoms with E-state index >= 15 is 0 Å². The van der Waals surface area contributed by atoms with E-state index in [1.807, 2.05) is 24.3 Å². The lowest BCUT2D eigenvalue weighted by molar-refractivity contribution is -0.162. The Labute approximate surface area is 212 Å². The van der Waals surface area contributed by atoms with Gasteiger partial charge in [0.25, 0.3) is 0 Å². The highest BCUT2D eigenvalue weighted by Gasteiger charge is 2.39. The van der Waals surface area contributed by atoms with Gasteiger partial charge in [-0.25, -0.2) is 9.59 Å². The zero-order chi connectivity index (χ0) is 25.7. The molecule has 0 radical (unpaired) electrons. The van der Waals surface area contributed by atoms with Crippen LogP contribution in [-0.4, -0.2) is 54.2 Å². The molecule has 192 valence electrons. The van der Waals surface area contributed by atoms with Crippen molar-refractivity contribution in [3.63, 3.8) is 0 Å². The Morgan fingerprint density at radius 2 is 1.42 bits per heavy atom. The molecule has 2 aromatic carbocycles. The van der Waals surface area contributed by atoms with E-state index in [1.54, 1.807) is 57.2 Å². The lowest BCUT2D eigenvalue weighted by atomic mass is 9.86. The predicted molar refractivity (Wildman–Crippen MR) is 135 cm³/mol. The van der Waals surface area contributed by atoms with Crippen molar-refractivity contribution in [2.75, 3.05) is 19.6 Å². The number of hydrogen-bond donors (Lipinski definition) is 2. The molecular formula is C28H35N3O5.